The number of nitrogens with two attached hydrogens (primary N) is 1. The van der Waals surface area contributed by atoms with E-state index in [4.69, 9.17) is 10.8 Å². The predicted molar refractivity (Wildman–Crippen MR) is 38.5 cm³/mol. The molecule has 13 heavy (non-hydrogen) atoms. The number of amides is 1. The Bertz CT molecular complexity index is 349. The van der Waals surface area contributed by atoms with Gasteiger partial charge in [0.2, 0.25) is 0 Å². The summed E-state index contributed by atoms with van der Waals surface area (Å²) in [5.74, 6) is -2.47. The van der Waals surface area contributed by atoms with Gasteiger partial charge in [-0.25, -0.2) is 13.9 Å². The predicted octanol–water partition coefficient (Wildman–Crippen LogP) is -0.465. The first kappa shape index (κ1) is 9.17. The summed E-state index contributed by atoms with van der Waals surface area (Å²) in [7, 11) is 0. The van der Waals surface area contributed by atoms with E-state index >= 15 is 0 Å². The van der Waals surface area contributed by atoms with Crippen LogP contribution in [0, 0.1) is 0 Å². The van der Waals surface area contributed by atoms with E-state index in [2.05, 4.69) is 5.10 Å². The summed E-state index contributed by atoms with van der Waals surface area (Å²) >= 11 is 0. The summed E-state index contributed by atoms with van der Waals surface area (Å²) in [5, 5.41) is 11.5. The SMILES string of the molecule is NC(=O)c1cnn(C(F)C(=O)O)c1. The number of alkyl halides is 1. The Morgan fingerprint density at radius 1 is 1.69 bits per heavy atom. The minimum absolute atomic E-state index is 0.0381. The van der Waals surface area contributed by atoms with Gasteiger partial charge >= 0.3 is 5.97 Å². The van der Waals surface area contributed by atoms with Gasteiger partial charge in [-0.2, -0.15) is 5.10 Å². The third-order valence-electron chi connectivity index (χ3n) is 1.32. The summed E-state index contributed by atoms with van der Waals surface area (Å²) in [5.41, 5.74) is 4.80. The first-order valence-electron chi connectivity index (χ1n) is 3.23. The molecule has 1 aromatic heterocycles. The van der Waals surface area contributed by atoms with Crippen molar-refractivity contribution >= 4 is 11.9 Å². The molecule has 1 rings (SSSR count). The maximum Gasteiger partial charge on any atom is 0.361 e. The van der Waals surface area contributed by atoms with Gasteiger partial charge < -0.3 is 10.8 Å². The van der Waals surface area contributed by atoms with E-state index in [-0.39, 0.29) is 5.56 Å². The molecule has 0 aromatic carbocycles. The maximum absolute atomic E-state index is 12.7. The molecule has 0 saturated heterocycles. The fourth-order valence-corrected chi connectivity index (χ4v) is 0.702. The second kappa shape index (κ2) is 3.21. The fraction of sp³-hybridized carbons (Fsp3) is 0.167. The Balaban J connectivity index is 2.91. The van der Waals surface area contributed by atoms with Gasteiger partial charge in [-0.3, -0.25) is 4.79 Å². The van der Waals surface area contributed by atoms with Crippen LogP contribution in [0.2, 0.25) is 0 Å². The van der Waals surface area contributed by atoms with Gasteiger partial charge in [-0.05, 0) is 0 Å². The lowest BCUT2D eigenvalue weighted by molar-refractivity contribution is -0.146. The molecule has 0 bridgehead atoms. The Hall–Kier alpha value is -1.92. The third kappa shape index (κ3) is 1.81. The summed E-state index contributed by atoms with van der Waals surface area (Å²) in [6, 6.07) is 0. The second-order valence-electron chi connectivity index (χ2n) is 2.25. The van der Waals surface area contributed by atoms with Gasteiger partial charge in [0.05, 0.1) is 11.8 Å². The molecule has 1 unspecified atom stereocenters. The zero-order valence-corrected chi connectivity index (χ0v) is 6.35. The zero-order chi connectivity index (χ0) is 10.0. The number of aliphatic carboxylic acids is 1. The number of carboxylic acid groups (broad SMARTS) is 1. The first-order chi connectivity index (χ1) is 6.02. The number of nitrogens with zero attached hydrogens (tertiary/aromatic N) is 2. The van der Waals surface area contributed by atoms with Crippen LogP contribution in [0.25, 0.3) is 0 Å². The van der Waals surface area contributed by atoms with Crippen LogP contribution < -0.4 is 5.73 Å². The van der Waals surface area contributed by atoms with E-state index in [1.165, 1.54) is 0 Å². The fourth-order valence-electron chi connectivity index (χ4n) is 0.702. The van der Waals surface area contributed by atoms with Crippen molar-refractivity contribution in [2.24, 2.45) is 5.73 Å². The Labute approximate surface area is 71.8 Å². The molecule has 0 spiro atoms. The van der Waals surface area contributed by atoms with Crippen LogP contribution in [-0.2, 0) is 4.79 Å². The molecular formula is C6H6FN3O3. The monoisotopic (exact) mass is 187 g/mol. The van der Waals surface area contributed by atoms with Crippen LogP contribution in [0.1, 0.15) is 16.7 Å². The lowest BCUT2D eigenvalue weighted by Crippen LogP contribution is -2.15. The molecular weight excluding hydrogens is 181 g/mol. The lowest BCUT2D eigenvalue weighted by atomic mass is 10.3. The number of primary amides is 1. The van der Waals surface area contributed by atoms with Crippen molar-refractivity contribution in [2.45, 2.75) is 6.30 Å². The molecule has 1 aromatic rings. The quantitative estimate of drug-likeness (QED) is 0.668. The highest BCUT2D eigenvalue weighted by Crippen LogP contribution is 2.08. The minimum Gasteiger partial charge on any atom is -0.478 e. The van der Waals surface area contributed by atoms with Gasteiger partial charge in [0.15, 0.2) is 0 Å². The molecule has 1 amide bonds. The largest absolute Gasteiger partial charge is 0.478 e. The maximum atomic E-state index is 12.7. The number of rotatable bonds is 3. The van der Waals surface area contributed by atoms with Crippen LogP contribution in [0.3, 0.4) is 0 Å². The number of halogens is 1. The Morgan fingerprint density at radius 2 is 2.31 bits per heavy atom. The molecule has 70 valence electrons. The average Bonchev–Trinajstić information content (AvgIpc) is 2.50. The number of aromatic nitrogens is 2. The Morgan fingerprint density at radius 3 is 2.69 bits per heavy atom. The number of carboxylic acids is 1. The van der Waals surface area contributed by atoms with Crippen molar-refractivity contribution in [1.82, 2.24) is 9.78 Å². The van der Waals surface area contributed by atoms with Crippen LogP contribution in [0.5, 0.6) is 0 Å². The molecule has 6 nitrogen and oxygen atoms in total. The molecule has 0 aliphatic rings. The van der Waals surface area contributed by atoms with Gasteiger partial charge in [-0.1, -0.05) is 0 Å². The molecule has 1 heterocycles. The van der Waals surface area contributed by atoms with Crippen LogP contribution >= 0.6 is 0 Å². The molecule has 0 aliphatic carbocycles. The van der Waals surface area contributed by atoms with Gasteiger partial charge in [0.1, 0.15) is 0 Å². The van der Waals surface area contributed by atoms with E-state index in [9.17, 15) is 14.0 Å². The third-order valence-corrected chi connectivity index (χ3v) is 1.32. The smallest absolute Gasteiger partial charge is 0.361 e. The van der Waals surface area contributed by atoms with Crippen LogP contribution in [-0.4, -0.2) is 26.8 Å². The lowest BCUT2D eigenvalue weighted by Gasteiger charge is -2.00. The Kier molecular flexibility index (Phi) is 2.27. The summed E-state index contributed by atoms with van der Waals surface area (Å²) < 4.78 is 13.2. The normalized spacial score (nSPS) is 12.4. The van der Waals surface area contributed by atoms with Gasteiger partial charge in [0.25, 0.3) is 12.2 Å². The van der Waals surface area contributed by atoms with E-state index in [0.717, 1.165) is 12.4 Å². The zero-order valence-electron chi connectivity index (χ0n) is 6.35. The summed E-state index contributed by atoms with van der Waals surface area (Å²) in [6.45, 7) is 0. The summed E-state index contributed by atoms with van der Waals surface area (Å²) in [4.78, 5) is 20.6. The molecule has 0 saturated carbocycles. The van der Waals surface area contributed by atoms with E-state index in [1.807, 2.05) is 0 Å². The van der Waals surface area contributed by atoms with Crippen molar-refractivity contribution < 1.29 is 19.1 Å². The van der Waals surface area contributed by atoms with Crippen molar-refractivity contribution in [3.63, 3.8) is 0 Å². The summed E-state index contributed by atoms with van der Waals surface area (Å²) in [6.07, 6.45) is -0.369. The first-order valence-corrected chi connectivity index (χ1v) is 3.23. The van der Waals surface area contributed by atoms with E-state index in [1.54, 1.807) is 0 Å². The van der Waals surface area contributed by atoms with E-state index in [0.29, 0.717) is 4.68 Å². The van der Waals surface area contributed by atoms with E-state index < -0.39 is 18.2 Å². The highest BCUT2D eigenvalue weighted by Gasteiger charge is 2.19. The number of hydrogen-bond donors (Lipinski definition) is 2. The number of carbonyl (C=O) groups is 2. The molecule has 1 atom stereocenters. The van der Waals surface area contributed by atoms with Crippen molar-refractivity contribution in [2.75, 3.05) is 0 Å². The van der Waals surface area contributed by atoms with Crippen LogP contribution in [0.15, 0.2) is 12.4 Å². The van der Waals surface area contributed by atoms with Gasteiger partial charge in [0, 0.05) is 6.20 Å². The van der Waals surface area contributed by atoms with Crippen molar-refractivity contribution in [3.8, 4) is 0 Å². The number of hydrogen-bond acceptors (Lipinski definition) is 3. The number of carbonyl (C=O) groups excluding carboxylic acids is 1. The molecule has 0 radical (unpaired) electrons. The highest BCUT2D eigenvalue weighted by atomic mass is 19.1. The topological polar surface area (TPSA) is 98.2 Å². The molecule has 0 fully saturated rings. The van der Waals surface area contributed by atoms with Gasteiger partial charge in [-0.15, -0.1) is 0 Å². The second-order valence-corrected chi connectivity index (χ2v) is 2.25. The molecule has 7 heteroatoms. The van der Waals surface area contributed by atoms with Crippen molar-refractivity contribution in [1.29, 1.82) is 0 Å². The minimum atomic E-state index is -2.30. The van der Waals surface area contributed by atoms with Crippen molar-refractivity contribution in [3.05, 3.63) is 18.0 Å². The molecule has 3 N–H and O–H groups in total. The van der Waals surface area contributed by atoms with Crippen LogP contribution in [0.4, 0.5) is 4.39 Å². The standard InChI is InChI=1S/C6H6FN3O3/c7-4(6(12)13)10-2-3(1-9-10)5(8)11/h1-2,4H,(H2,8,11)(H,12,13). The molecule has 0 aliphatic heterocycles. The average molecular weight is 187 g/mol. The highest BCUT2D eigenvalue weighted by molar-refractivity contribution is 5.92.